The molecule has 0 aliphatic heterocycles. The van der Waals surface area contributed by atoms with Gasteiger partial charge in [-0.05, 0) is 43.2 Å². The van der Waals surface area contributed by atoms with Crippen molar-refractivity contribution in [2.45, 2.75) is 32.1 Å². The van der Waals surface area contributed by atoms with Gasteiger partial charge in [0, 0.05) is 0 Å². The van der Waals surface area contributed by atoms with Crippen LogP contribution in [0, 0.1) is 12.8 Å². The third-order valence-electron chi connectivity index (χ3n) is 3.77. The first-order chi connectivity index (χ1) is 6.73. The molecule has 0 bridgehead atoms. The number of aryl methyl sites for hydroxylation is 1. The Bertz CT molecular complexity index is 315. The lowest BCUT2D eigenvalue weighted by Crippen LogP contribution is -2.14. The summed E-state index contributed by atoms with van der Waals surface area (Å²) in [4.78, 5) is 0. The summed E-state index contributed by atoms with van der Waals surface area (Å²) in [7, 11) is 0. The molecule has 1 saturated carbocycles. The minimum absolute atomic E-state index is 0.419. The average molecular weight is 189 g/mol. The van der Waals surface area contributed by atoms with E-state index in [2.05, 4.69) is 38.1 Å². The summed E-state index contributed by atoms with van der Waals surface area (Å²) < 4.78 is 0. The fourth-order valence-corrected chi connectivity index (χ4v) is 2.57. The van der Waals surface area contributed by atoms with Gasteiger partial charge in [-0.2, -0.15) is 0 Å². The van der Waals surface area contributed by atoms with Crippen LogP contribution >= 0.6 is 0 Å². The summed E-state index contributed by atoms with van der Waals surface area (Å²) in [5, 5.41) is 0. The van der Waals surface area contributed by atoms with Crippen LogP contribution in [0.5, 0.6) is 0 Å². The second-order valence-corrected chi connectivity index (χ2v) is 4.51. The summed E-state index contributed by atoms with van der Waals surface area (Å²) in [6, 6.07) is 8.96. The Morgan fingerprint density at radius 3 is 2.43 bits per heavy atom. The molecular formula is C13H19N. The van der Waals surface area contributed by atoms with E-state index in [0.29, 0.717) is 5.41 Å². The summed E-state index contributed by atoms with van der Waals surface area (Å²) in [6.45, 7) is 5.24. The van der Waals surface area contributed by atoms with E-state index in [9.17, 15) is 0 Å². The zero-order valence-electron chi connectivity index (χ0n) is 9.09. The maximum absolute atomic E-state index is 5.75. The predicted molar refractivity (Wildman–Crippen MR) is 60.3 cm³/mol. The maximum atomic E-state index is 5.75. The van der Waals surface area contributed by atoms with Crippen LogP contribution in [0.1, 0.15) is 30.9 Å². The van der Waals surface area contributed by atoms with Gasteiger partial charge in [-0.1, -0.05) is 36.8 Å². The van der Waals surface area contributed by atoms with Crippen molar-refractivity contribution in [3.63, 3.8) is 0 Å². The Balaban J connectivity index is 2.26. The van der Waals surface area contributed by atoms with Crippen LogP contribution in [0.3, 0.4) is 0 Å². The van der Waals surface area contributed by atoms with Crippen molar-refractivity contribution in [3.8, 4) is 0 Å². The molecule has 76 valence electrons. The Hall–Kier alpha value is -0.820. The van der Waals surface area contributed by atoms with Crippen LogP contribution in [0.2, 0.25) is 0 Å². The van der Waals surface area contributed by atoms with Crippen LogP contribution in [0.25, 0.3) is 0 Å². The van der Waals surface area contributed by atoms with Crippen molar-refractivity contribution in [1.82, 2.24) is 0 Å². The van der Waals surface area contributed by atoms with E-state index in [1.165, 1.54) is 24.0 Å². The van der Waals surface area contributed by atoms with E-state index < -0.39 is 0 Å². The van der Waals surface area contributed by atoms with E-state index in [-0.39, 0.29) is 0 Å². The van der Waals surface area contributed by atoms with Crippen molar-refractivity contribution in [2.75, 3.05) is 6.54 Å². The fourth-order valence-electron chi connectivity index (χ4n) is 2.57. The first-order valence-corrected chi connectivity index (χ1v) is 5.50. The quantitative estimate of drug-likeness (QED) is 0.777. The van der Waals surface area contributed by atoms with Crippen LogP contribution in [0.15, 0.2) is 24.3 Å². The van der Waals surface area contributed by atoms with Gasteiger partial charge in [-0.15, -0.1) is 0 Å². The van der Waals surface area contributed by atoms with Crippen LogP contribution in [-0.4, -0.2) is 6.54 Å². The Morgan fingerprint density at radius 2 is 2.00 bits per heavy atom. The van der Waals surface area contributed by atoms with Crippen molar-refractivity contribution in [2.24, 2.45) is 11.7 Å². The largest absolute Gasteiger partial charge is 0.330 e. The second-order valence-electron chi connectivity index (χ2n) is 4.51. The Labute approximate surface area is 86.3 Å². The van der Waals surface area contributed by atoms with E-state index in [1.54, 1.807) is 0 Å². The molecular weight excluding hydrogens is 170 g/mol. The van der Waals surface area contributed by atoms with Gasteiger partial charge in [-0.25, -0.2) is 0 Å². The average Bonchev–Trinajstić information content (AvgIpc) is 2.94. The molecule has 2 rings (SSSR count). The topological polar surface area (TPSA) is 26.0 Å². The van der Waals surface area contributed by atoms with Gasteiger partial charge < -0.3 is 5.73 Å². The molecule has 0 amide bonds. The lowest BCUT2D eigenvalue weighted by molar-refractivity contribution is 0.587. The molecule has 1 unspecified atom stereocenters. The lowest BCUT2D eigenvalue weighted by Gasteiger charge is -2.15. The zero-order chi connectivity index (χ0) is 10.2. The predicted octanol–water partition coefficient (Wildman–Crippen LogP) is 2.62. The van der Waals surface area contributed by atoms with E-state index in [0.717, 1.165) is 12.5 Å². The summed E-state index contributed by atoms with van der Waals surface area (Å²) in [5.41, 5.74) is 9.00. The highest BCUT2D eigenvalue weighted by Crippen LogP contribution is 2.56. The number of benzene rings is 1. The maximum Gasteiger partial charge on any atom is -0.000562 e. The van der Waals surface area contributed by atoms with Gasteiger partial charge in [-0.3, -0.25) is 0 Å². The molecule has 14 heavy (non-hydrogen) atoms. The van der Waals surface area contributed by atoms with Gasteiger partial charge in [0.25, 0.3) is 0 Å². The van der Waals surface area contributed by atoms with Gasteiger partial charge >= 0.3 is 0 Å². The molecule has 1 aliphatic carbocycles. The van der Waals surface area contributed by atoms with Gasteiger partial charge in [0.05, 0.1) is 0 Å². The monoisotopic (exact) mass is 189 g/mol. The highest BCUT2D eigenvalue weighted by atomic mass is 14.7. The van der Waals surface area contributed by atoms with Crippen LogP contribution in [0.4, 0.5) is 0 Å². The first kappa shape index (κ1) is 9.72. The highest BCUT2D eigenvalue weighted by Gasteiger charge is 2.52. The molecule has 1 fully saturated rings. The number of rotatable bonds is 3. The number of hydrogen-bond donors (Lipinski definition) is 1. The Morgan fingerprint density at radius 1 is 1.36 bits per heavy atom. The molecule has 1 nitrogen and oxygen atoms in total. The van der Waals surface area contributed by atoms with Crippen LogP contribution < -0.4 is 5.73 Å². The third kappa shape index (κ3) is 1.36. The molecule has 1 heteroatoms. The summed E-state index contributed by atoms with van der Waals surface area (Å²) in [5.74, 6) is 0.718. The highest BCUT2D eigenvalue weighted by molar-refractivity contribution is 5.35. The minimum Gasteiger partial charge on any atom is -0.330 e. The molecule has 0 saturated heterocycles. The Kier molecular flexibility index (Phi) is 2.36. The smallest absolute Gasteiger partial charge is 0.000562 e. The van der Waals surface area contributed by atoms with Crippen molar-refractivity contribution in [1.29, 1.82) is 0 Å². The molecule has 2 N–H and O–H groups in total. The summed E-state index contributed by atoms with van der Waals surface area (Å²) >= 11 is 0. The van der Waals surface area contributed by atoms with E-state index in [1.807, 2.05) is 0 Å². The SMILES string of the molecule is CCC1(c2ccc(C)cc2)C[C@H]1CN. The second kappa shape index (κ2) is 3.39. The molecule has 2 atom stereocenters. The summed E-state index contributed by atoms with van der Waals surface area (Å²) in [6.07, 6.45) is 2.50. The van der Waals surface area contributed by atoms with E-state index >= 15 is 0 Å². The molecule has 0 spiro atoms. The van der Waals surface area contributed by atoms with Crippen molar-refractivity contribution >= 4 is 0 Å². The molecule has 0 aromatic heterocycles. The van der Waals surface area contributed by atoms with Gasteiger partial charge in [0.15, 0.2) is 0 Å². The minimum atomic E-state index is 0.419. The zero-order valence-corrected chi connectivity index (χ0v) is 9.09. The first-order valence-electron chi connectivity index (χ1n) is 5.50. The lowest BCUT2D eigenvalue weighted by atomic mass is 9.90. The van der Waals surface area contributed by atoms with E-state index in [4.69, 9.17) is 5.73 Å². The molecule has 1 aromatic carbocycles. The number of nitrogens with two attached hydrogens (primary N) is 1. The standard InChI is InChI=1S/C13H19N/c1-3-13(8-12(13)9-14)11-6-4-10(2)5-7-11/h4-7,12H,3,8-9,14H2,1-2H3/t12-,13?/m0/s1. The molecule has 1 aliphatic rings. The van der Waals surface area contributed by atoms with Crippen molar-refractivity contribution < 1.29 is 0 Å². The van der Waals surface area contributed by atoms with Gasteiger partial charge in [0.1, 0.15) is 0 Å². The normalized spacial score (nSPS) is 30.4. The van der Waals surface area contributed by atoms with Crippen molar-refractivity contribution in [3.05, 3.63) is 35.4 Å². The molecule has 0 heterocycles. The third-order valence-corrected chi connectivity index (χ3v) is 3.77. The molecule has 1 aromatic rings. The van der Waals surface area contributed by atoms with Gasteiger partial charge in [0.2, 0.25) is 0 Å². The fraction of sp³-hybridized carbons (Fsp3) is 0.538. The molecule has 0 radical (unpaired) electrons. The van der Waals surface area contributed by atoms with Crippen LogP contribution in [-0.2, 0) is 5.41 Å². The number of hydrogen-bond acceptors (Lipinski definition) is 1.